The van der Waals surface area contributed by atoms with Crippen molar-refractivity contribution in [2.24, 2.45) is 0 Å². The van der Waals surface area contributed by atoms with Gasteiger partial charge in [-0.05, 0) is 42.1 Å². The van der Waals surface area contributed by atoms with E-state index in [1.54, 1.807) is 17.0 Å². The molecule has 6 nitrogen and oxygen atoms in total. The Morgan fingerprint density at radius 1 is 1.10 bits per heavy atom. The van der Waals surface area contributed by atoms with E-state index in [0.717, 1.165) is 41.4 Å². The van der Waals surface area contributed by atoms with Crippen LogP contribution < -0.4 is 9.64 Å². The van der Waals surface area contributed by atoms with Crippen molar-refractivity contribution in [2.45, 2.75) is 39.2 Å². The van der Waals surface area contributed by atoms with Crippen LogP contribution in [0.4, 0.5) is 5.69 Å². The molecule has 1 N–H and O–H groups in total. The summed E-state index contributed by atoms with van der Waals surface area (Å²) < 4.78 is 7.48. The van der Waals surface area contributed by atoms with Crippen molar-refractivity contribution in [3.05, 3.63) is 59.8 Å². The summed E-state index contributed by atoms with van der Waals surface area (Å²) >= 11 is 0. The van der Waals surface area contributed by atoms with Crippen LogP contribution in [0.5, 0.6) is 5.75 Å². The number of hydrogen-bond acceptors (Lipinski definition) is 3. The molecule has 1 amide bonds. The van der Waals surface area contributed by atoms with Crippen molar-refractivity contribution < 1.29 is 19.4 Å². The molecule has 1 heterocycles. The maximum absolute atomic E-state index is 12.5. The number of ether oxygens (including phenoxy) is 1. The number of aromatic carboxylic acids is 1. The average Bonchev–Trinajstić information content (AvgIpc) is 3.15. The van der Waals surface area contributed by atoms with Crippen molar-refractivity contribution in [3.8, 4) is 5.75 Å². The number of amides is 1. The third-order valence-corrected chi connectivity index (χ3v) is 5.39. The van der Waals surface area contributed by atoms with Gasteiger partial charge in [-0.1, -0.05) is 31.9 Å². The first-order valence-corrected chi connectivity index (χ1v) is 10.2. The van der Waals surface area contributed by atoms with Gasteiger partial charge in [0, 0.05) is 30.9 Å². The molecule has 0 atom stereocenters. The van der Waals surface area contributed by atoms with E-state index in [9.17, 15) is 14.7 Å². The summed E-state index contributed by atoms with van der Waals surface area (Å²) in [5.41, 5.74) is 2.94. The number of anilines is 1. The Bertz CT molecular complexity index is 1050. The summed E-state index contributed by atoms with van der Waals surface area (Å²) in [6.45, 7) is 2.66. The highest BCUT2D eigenvalue weighted by atomic mass is 16.5. The minimum Gasteiger partial charge on any atom is -0.496 e. The predicted molar refractivity (Wildman–Crippen MR) is 119 cm³/mol. The number of nitrogens with zero attached hydrogens (tertiary/aromatic N) is 2. The maximum Gasteiger partial charge on any atom is 0.335 e. The van der Waals surface area contributed by atoms with Gasteiger partial charge in [0.2, 0.25) is 5.91 Å². The van der Waals surface area contributed by atoms with Gasteiger partial charge in [-0.3, -0.25) is 4.79 Å². The number of carbonyl (C=O) groups excluding carboxylic acids is 1. The molecule has 0 saturated carbocycles. The van der Waals surface area contributed by atoms with E-state index in [0.29, 0.717) is 18.7 Å². The molecule has 0 bridgehead atoms. The zero-order chi connectivity index (χ0) is 21.7. The molecule has 3 rings (SSSR count). The summed E-state index contributed by atoms with van der Waals surface area (Å²) in [5, 5.41) is 10.3. The standard InChI is InChI=1S/C24H28N2O4/c1-4-5-6-7-23(27)25(2)20-11-10-17-12-13-26(21(17)15-20)16-19-9-8-18(24(28)29)14-22(19)30-3/h8-15H,4-7,16H2,1-3H3,(H,28,29). The highest BCUT2D eigenvalue weighted by molar-refractivity contribution is 5.95. The second-order valence-corrected chi connectivity index (χ2v) is 7.43. The van der Waals surface area contributed by atoms with E-state index in [4.69, 9.17) is 4.74 Å². The van der Waals surface area contributed by atoms with E-state index in [-0.39, 0.29) is 11.5 Å². The lowest BCUT2D eigenvalue weighted by atomic mass is 10.1. The quantitative estimate of drug-likeness (QED) is 0.509. The number of carboxylic acids is 1. The number of aromatic nitrogens is 1. The molecule has 0 aliphatic heterocycles. The van der Waals surface area contributed by atoms with Crippen LogP contribution in [-0.4, -0.2) is 35.7 Å². The summed E-state index contributed by atoms with van der Waals surface area (Å²) in [5.74, 6) is -0.328. The number of carbonyl (C=O) groups is 2. The van der Waals surface area contributed by atoms with Gasteiger partial charge in [0.15, 0.2) is 0 Å². The van der Waals surface area contributed by atoms with Gasteiger partial charge in [-0.25, -0.2) is 4.79 Å². The Kier molecular flexibility index (Phi) is 6.77. The van der Waals surface area contributed by atoms with Gasteiger partial charge in [-0.2, -0.15) is 0 Å². The summed E-state index contributed by atoms with van der Waals surface area (Å²) in [7, 11) is 3.35. The third kappa shape index (κ3) is 4.64. The van der Waals surface area contributed by atoms with Crippen LogP contribution in [-0.2, 0) is 11.3 Å². The van der Waals surface area contributed by atoms with E-state index in [2.05, 4.69) is 11.5 Å². The maximum atomic E-state index is 12.5. The molecule has 0 saturated heterocycles. The molecule has 0 radical (unpaired) electrons. The molecule has 3 aromatic rings. The summed E-state index contributed by atoms with van der Waals surface area (Å²) in [6.07, 6.45) is 5.60. The first-order chi connectivity index (χ1) is 14.4. The molecule has 0 aliphatic rings. The second kappa shape index (κ2) is 9.48. The Balaban J connectivity index is 1.87. The minimum absolute atomic E-state index is 0.117. The van der Waals surface area contributed by atoms with Crippen molar-refractivity contribution in [1.82, 2.24) is 4.57 Å². The Morgan fingerprint density at radius 3 is 2.60 bits per heavy atom. The monoisotopic (exact) mass is 408 g/mol. The fourth-order valence-corrected chi connectivity index (χ4v) is 3.55. The van der Waals surface area contributed by atoms with E-state index < -0.39 is 5.97 Å². The summed E-state index contributed by atoms with van der Waals surface area (Å²) in [6, 6.07) is 12.9. The molecular formula is C24H28N2O4. The van der Waals surface area contributed by atoms with Crippen molar-refractivity contribution >= 4 is 28.5 Å². The van der Waals surface area contributed by atoms with Crippen LogP contribution in [0.1, 0.15) is 48.5 Å². The normalized spacial score (nSPS) is 10.9. The van der Waals surface area contributed by atoms with Crippen molar-refractivity contribution in [2.75, 3.05) is 19.1 Å². The molecule has 1 aromatic heterocycles. The van der Waals surface area contributed by atoms with E-state index in [1.807, 2.05) is 37.5 Å². The zero-order valence-electron chi connectivity index (χ0n) is 17.7. The number of hydrogen-bond donors (Lipinski definition) is 1. The van der Waals surface area contributed by atoms with Gasteiger partial charge in [0.25, 0.3) is 0 Å². The number of fused-ring (bicyclic) bond motifs is 1. The first kappa shape index (κ1) is 21.4. The van der Waals surface area contributed by atoms with Crippen molar-refractivity contribution in [1.29, 1.82) is 0 Å². The zero-order valence-corrected chi connectivity index (χ0v) is 17.7. The lowest BCUT2D eigenvalue weighted by Gasteiger charge is -2.18. The molecule has 158 valence electrons. The van der Waals surface area contributed by atoms with Gasteiger partial charge < -0.3 is 19.3 Å². The lowest BCUT2D eigenvalue weighted by molar-refractivity contribution is -0.118. The number of methoxy groups -OCH3 is 1. The number of unbranched alkanes of at least 4 members (excludes halogenated alkanes) is 2. The van der Waals surface area contributed by atoms with Crippen LogP contribution in [0.15, 0.2) is 48.7 Å². The molecule has 2 aromatic carbocycles. The topological polar surface area (TPSA) is 71.8 Å². The third-order valence-electron chi connectivity index (χ3n) is 5.39. The highest BCUT2D eigenvalue weighted by Gasteiger charge is 2.14. The van der Waals surface area contributed by atoms with Gasteiger partial charge in [-0.15, -0.1) is 0 Å². The molecule has 6 heteroatoms. The van der Waals surface area contributed by atoms with Crippen LogP contribution in [0.2, 0.25) is 0 Å². The van der Waals surface area contributed by atoms with Crippen LogP contribution >= 0.6 is 0 Å². The van der Waals surface area contributed by atoms with Crippen LogP contribution in [0.25, 0.3) is 10.9 Å². The number of benzene rings is 2. The van der Waals surface area contributed by atoms with Crippen molar-refractivity contribution in [3.63, 3.8) is 0 Å². The number of rotatable bonds is 9. The Morgan fingerprint density at radius 2 is 1.90 bits per heavy atom. The van der Waals surface area contributed by atoms with E-state index in [1.165, 1.54) is 13.2 Å². The smallest absolute Gasteiger partial charge is 0.335 e. The molecule has 0 spiro atoms. The molecule has 0 fully saturated rings. The fourth-order valence-electron chi connectivity index (χ4n) is 3.55. The van der Waals surface area contributed by atoms with Gasteiger partial charge in [0.05, 0.1) is 24.7 Å². The Labute approximate surface area is 176 Å². The summed E-state index contributed by atoms with van der Waals surface area (Å²) in [4.78, 5) is 25.4. The van der Waals surface area contributed by atoms with E-state index >= 15 is 0 Å². The van der Waals surface area contributed by atoms with Crippen LogP contribution in [0, 0.1) is 0 Å². The van der Waals surface area contributed by atoms with Gasteiger partial charge >= 0.3 is 5.97 Å². The lowest BCUT2D eigenvalue weighted by Crippen LogP contribution is -2.25. The van der Waals surface area contributed by atoms with Crippen LogP contribution in [0.3, 0.4) is 0 Å². The molecule has 30 heavy (non-hydrogen) atoms. The number of carboxylic acid groups (broad SMARTS) is 1. The largest absolute Gasteiger partial charge is 0.496 e. The SMILES string of the molecule is CCCCCC(=O)N(C)c1ccc2ccn(Cc3ccc(C(=O)O)cc3OC)c2c1. The Hall–Kier alpha value is -3.28. The molecular weight excluding hydrogens is 380 g/mol. The second-order valence-electron chi connectivity index (χ2n) is 7.43. The highest BCUT2D eigenvalue weighted by Crippen LogP contribution is 2.27. The first-order valence-electron chi connectivity index (χ1n) is 10.2. The minimum atomic E-state index is -0.984. The van der Waals surface area contributed by atoms with Gasteiger partial charge in [0.1, 0.15) is 5.75 Å². The molecule has 0 unspecified atom stereocenters. The molecule has 0 aliphatic carbocycles. The average molecular weight is 408 g/mol. The fraction of sp³-hybridized carbons (Fsp3) is 0.333. The predicted octanol–water partition coefficient (Wildman–Crippen LogP) is 4.94.